The van der Waals surface area contributed by atoms with E-state index < -0.39 is 0 Å². The van der Waals surface area contributed by atoms with Crippen LogP contribution in [0.5, 0.6) is 0 Å². The summed E-state index contributed by atoms with van der Waals surface area (Å²) in [5.41, 5.74) is 0.333. The molecule has 1 N–H and O–H groups in total. The van der Waals surface area contributed by atoms with Gasteiger partial charge in [-0.3, -0.25) is 0 Å². The Bertz CT molecular complexity index is 336. The highest BCUT2D eigenvalue weighted by Crippen LogP contribution is 2.30. The lowest BCUT2D eigenvalue weighted by molar-refractivity contribution is 0.227. The minimum atomic E-state index is 0.333. The molecule has 0 fully saturated rings. The van der Waals surface area contributed by atoms with Gasteiger partial charge in [-0.2, -0.15) is 0 Å². The van der Waals surface area contributed by atoms with Gasteiger partial charge in [-0.05, 0) is 31.2 Å². The molecule has 0 saturated carbocycles. The second kappa shape index (κ2) is 5.96. The number of aromatic nitrogens is 1. The van der Waals surface area contributed by atoms with E-state index in [-0.39, 0.29) is 0 Å². The standard InChI is InChI=1S/C14H26N2S/c1-10(2)15-8-12(14(4,5)6)7-13-9-16-11(3)17-13/h9-10,12,15H,7-8H2,1-6H3. The Morgan fingerprint density at radius 3 is 2.41 bits per heavy atom. The highest BCUT2D eigenvalue weighted by molar-refractivity contribution is 7.11. The lowest BCUT2D eigenvalue weighted by Gasteiger charge is -2.31. The first-order chi connectivity index (χ1) is 7.79. The molecule has 2 nitrogen and oxygen atoms in total. The highest BCUT2D eigenvalue weighted by Gasteiger charge is 2.25. The zero-order chi connectivity index (χ0) is 13.1. The van der Waals surface area contributed by atoms with Crippen molar-refractivity contribution < 1.29 is 0 Å². The first-order valence-corrected chi connectivity index (χ1v) is 7.25. The Morgan fingerprint density at radius 2 is 2.00 bits per heavy atom. The number of nitrogens with zero attached hydrogens (tertiary/aromatic N) is 1. The molecule has 0 aliphatic rings. The van der Waals surface area contributed by atoms with Gasteiger partial charge in [0.2, 0.25) is 0 Å². The molecule has 0 aliphatic heterocycles. The molecule has 3 heteroatoms. The molecule has 0 saturated heterocycles. The fraction of sp³-hybridized carbons (Fsp3) is 0.786. The molecule has 0 radical (unpaired) electrons. The van der Waals surface area contributed by atoms with Crippen molar-refractivity contribution in [2.75, 3.05) is 6.54 Å². The van der Waals surface area contributed by atoms with Crippen molar-refractivity contribution in [1.82, 2.24) is 10.3 Å². The van der Waals surface area contributed by atoms with Gasteiger partial charge >= 0.3 is 0 Å². The predicted molar refractivity (Wildman–Crippen MR) is 76.6 cm³/mol. The van der Waals surface area contributed by atoms with Crippen molar-refractivity contribution in [2.45, 2.75) is 54.0 Å². The first kappa shape index (κ1) is 14.7. The van der Waals surface area contributed by atoms with Crippen LogP contribution >= 0.6 is 11.3 Å². The number of hydrogen-bond donors (Lipinski definition) is 1. The third-order valence-electron chi connectivity index (χ3n) is 3.11. The van der Waals surface area contributed by atoms with Crippen molar-refractivity contribution in [2.24, 2.45) is 11.3 Å². The van der Waals surface area contributed by atoms with Gasteiger partial charge in [0.1, 0.15) is 0 Å². The Kier molecular flexibility index (Phi) is 5.14. The van der Waals surface area contributed by atoms with Crippen LogP contribution in [-0.2, 0) is 6.42 Å². The van der Waals surface area contributed by atoms with Gasteiger partial charge in [0.25, 0.3) is 0 Å². The van der Waals surface area contributed by atoms with Crippen LogP contribution in [0.1, 0.15) is 44.5 Å². The van der Waals surface area contributed by atoms with E-state index in [1.165, 1.54) is 9.88 Å². The molecular weight excluding hydrogens is 228 g/mol. The summed E-state index contributed by atoms with van der Waals surface area (Å²) in [5, 5.41) is 4.73. The molecule has 1 atom stereocenters. The first-order valence-electron chi connectivity index (χ1n) is 6.43. The van der Waals surface area contributed by atoms with E-state index in [4.69, 9.17) is 0 Å². The van der Waals surface area contributed by atoms with Gasteiger partial charge in [0.05, 0.1) is 5.01 Å². The van der Waals surface area contributed by atoms with Crippen molar-refractivity contribution >= 4 is 11.3 Å². The maximum absolute atomic E-state index is 4.35. The normalized spacial score (nSPS) is 14.3. The van der Waals surface area contributed by atoms with Gasteiger partial charge in [-0.25, -0.2) is 4.98 Å². The Hall–Kier alpha value is -0.410. The molecule has 0 amide bonds. The molecule has 1 aromatic rings. The molecule has 17 heavy (non-hydrogen) atoms. The largest absolute Gasteiger partial charge is 0.314 e. The molecule has 1 unspecified atom stereocenters. The lowest BCUT2D eigenvalue weighted by Crippen LogP contribution is -2.36. The number of hydrogen-bond acceptors (Lipinski definition) is 3. The highest BCUT2D eigenvalue weighted by atomic mass is 32.1. The van der Waals surface area contributed by atoms with E-state index in [1.807, 2.05) is 17.5 Å². The van der Waals surface area contributed by atoms with E-state index in [9.17, 15) is 0 Å². The Labute approximate surface area is 110 Å². The topological polar surface area (TPSA) is 24.9 Å². The monoisotopic (exact) mass is 254 g/mol. The molecule has 0 bridgehead atoms. The smallest absolute Gasteiger partial charge is 0.0896 e. The molecular formula is C14H26N2S. The summed E-state index contributed by atoms with van der Waals surface area (Å²) in [6.07, 6.45) is 3.17. The number of rotatable bonds is 5. The number of aryl methyl sites for hydroxylation is 1. The molecule has 1 heterocycles. The quantitative estimate of drug-likeness (QED) is 0.867. The van der Waals surface area contributed by atoms with Crippen LogP contribution in [0.2, 0.25) is 0 Å². The van der Waals surface area contributed by atoms with Crippen LogP contribution in [-0.4, -0.2) is 17.6 Å². The van der Waals surface area contributed by atoms with Crippen LogP contribution in [0, 0.1) is 18.3 Å². The van der Waals surface area contributed by atoms with E-state index in [2.05, 4.69) is 51.8 Å². The lowest BCUT2D eigenvalue weighted by atomic mass is 9.78. The summed E-state index contributed by atoms with van der Waals surface area (Å²) in [6.45, 7) is 14.5. The van der Waals surface area contributed by atoms with E-state index >= 15 is 0 Å². The summed E-state index contributed by atoms with van der Waals surface area (Å²) in [6, 6.07) is 0.558. The Morgan fingerprint density at radius 1 is 1.35 bits per heavy atom. The van der Waals surface area contributed by atoms with Crippen molar-refractivity contribution in [1.29, 1.82) is 0 Å². The predicted octanol–water partition coefficient (Wildman–Crippen LogP) is 3.65. The molecule has 0 aliphatic carbocycles. The van der Waals surface area contributed by atoms with E-state index in [0.29, 0.717) is 17.4 Å². The SMILES string of the molecule is Cc1ncc(CC(CNC(C)C)C(C)(C)C)s1. The van der Waals surface area contributed by atoms with Gasteiger partial charge in [-0.15, -0.1) is 11.3 Å². The maximum atomic E-state index is 4.35. The average molecular weight is 254 g/mol. The average Bonchev–Trinajstić information content (AvgIpc) is 2.56. The molecule has 0 spiro atoms. The number of nitrogens with one attached hydrogen (secondary N) is 1. The van der Waals surface area contributed by atoms with Crippen LogP contribution in [0.15, 0.2) is 6.20 Å². The van der Waals surface area contributed by atoms with Gasteiger partial charge in [-0.1, -0.05) is 34.6 Å². The molecule has 0 aromatic carbocycles. The number of thiazole rings is 1. The van der Waals surface area contributed by atoms with Gasteiger partial charge < -0.3 is 5.32 Å². The van der Waals surface area contributed by atoms with Gasteiger partial charge in [0, 0.05) is 17.1 Å². The summed E-state index contributed by atoms with van der Waals surface area (Å²) in [5.74, 6) is 0.657. The minimum Gasteiger partial charge on any atom is -0.314 e. The zero-order valence-corrected chi connectivity index (χ0v) is 12.8. The molecule has 1 rings (SSSR count). The van der Waals surface area contributed by atoms with Crippen molar-refractivity contribution in [3.63, 3.8) is 0 Å². The minimum absolute atomic E-state index is 0.333. The Balaban J connectivity index is 2.64. The fourth-order valence-electron chi connectivity index (χ4n) is 1.81. The summed E-state index contributed by atoms with van der Waals surface area (Å²) < 4.78 is 0. The summed E-state index contributed by atoms with van der Waals surface area (Å²) >= 11 is 1.83. The van der Waals surface area contributed by atoms with E-state index in [0.717, 1.165) is 13.0 Å². The molecule has 98 valence electrons. The zero-order valence-electron chi connectivity index (χ0n) is 12.0. The second-order valence-electron chi connectivity index (χ2n) is 6.18. The van der Waals surface area contributed by atoms with Crippen LogP contribution in [0.25, 0.3) is 0 Å². The van der Waals surface area contributed by atoms with Crippen LogP contribution in [0.3, 0.4) is 0 Å². The fourth-order valence-corrected chi connectivity index (χ4v) is 2.68. The summed E-state index contributed by atoms with van der Waals surface area (Å²) in [7, 11) is 0. The third-order valence-corrected chi connectivity index (χ3v) is 4.05. The van der Waals surface area contributed by atoms with Crippen molar-refractivity contribution in [3.8, 4) is 0 Å². The second-order valence-corrected chi connectivity index (χ2v) is 7.49. The van der Waals surface area contributed by atoms with Crippen molar-refractivity contribution in [3.05, 3.63) is 16.1 Å². The van der Waals surface area contributed by atoms with Gasteiger partial charge in [0.15, 0.2) is 0 Å². The molecule has 1 aromatic heterocycles. The maximum Gasteiger partial charge on any atom is 0.0896 e. The van der Waals surface area contributed by atoms with Crippen LogP contribution in [0.4, 0.5) is 0 Å². The van der Waals surface area contributed by atoms with Crippen LogP contribution < -0.4 is 5.32 Å². The third kappa shape index (κ3) is 5.17. The van der Waals surface area contributed by atoms with E-state index in [1.54, 1.807) is 0 Å². The summed E-state index contributed by atoms with van der Waals surface area (Å²) in [4.78, 5) is 5.76.